The van der Waals surface area contributed by atoms with Crippen LogP contribution in [0.2, 0.25) is 0 Å². The fraction of sp³-hybridized carbons (Fsp3) is 0.583. The number of aromatic nitrogens is 2. The summed E-state index contributed by atoms with van der Waals surface area (Å²) < 4.78 is 0. The minimum Gasteiger partial charge on any atom is -0.303 e. The van der Waals surface area contributed by atoms with Gasteiger partial charge in [-0.3, -0.25) is 0 Å². The van der Waals surface area contributed by atoms with E-state index in [0.717, 1.165) is 31.1 Å². The van der Waals surface area contributed by atoms with Gasteiger partial charge in [-0.25, -0.2) is 9.97 Å². The Bertz CT molecular complexity index is 853. The van der Waals surface area contributed by atoms with Crippen LogP contribution in [0.1, 0.15) is 72.1 Å². The quantitative estimate of drug-likeness (QED) is 0.746. The average Bonchev–Trinajstić information content (AvgIpc) is 3.40. The monoisotopic (exact) mass is 363 g/mol. The lowest BCUT2D eigenvalue weighted by Crippen LogP contribution is -2.24. The molecule has 0 spiro atoms. The number of benzene rings is 1. The largest absolute Gasteiger partial charge is 0.303 e. The van der Waals surface area contributed by atoms with E-state index in [2.05, 4.69) is 57.8 Å². The zero-order valence-corrected chi connectivity index (χ0v) is 17.6. The van der Waals surface area contributed by atoms with E-state index in [1.54, 1.807) is 0 Å². The molecule has 3 nitrogen and oxygen atoms in total. The van der Waals surface area contributed by atoms with Gasteiger partial charge in [-0.2, -0.15) is 0 Å². The molecule has 4 rings (SSSR count). The highest BCUT2D eigenvalue weighted by atomic mass is 15.1. The van der Waals surface area contributed by atoms with Gasteiger partial charge in [0.15, 0.2) is 0 Å². The molecule has 0 saturated heterocycles. The van der Waals surface area contributed by atoms with E-state index in [9.17, 15) is 0 Å². The minimum atomic E-state index is 0.0143. The number of hydrogen-bond acceptors (Lipinski definition) is 3. The van der Waals surface area contributed by atoms with Gasteiger partial charge in [-0.15, -0.1) is 0 Å². The molecule has 1 aromatic carbocycles. The molecule has 1 heterocycles. The molecule has 1 atom stereocenters. The standard InChI is InChI=1S/C24H33N3/c1-16-8-11-21(17(2)15-16)24(4)13-12-20-22(25-18(3)26-23(20)24)7-6-14-27(5)19-9-10-19/h8,11,15,19H,6-7,9-10,12-14H2,1-5H3. The number of nitrogens with zero attached hydrogens (tertiary/aromatic N) is 3. The Morgan fingerprint density at radius 1 is 1.15 bits per heavy atom. The molecule has 0 aliphatic heterocycles. The zero-order valence-electron chi connectivity index (χ0n) is 17.6. The van der Waals surface area contributed by atoms with Crippen LogP contribution in [0.15, 0.2) is 18.2 Å². The maximum Gasteiger partial charge on any atom is 0.125 e. The van der Waals surface area contributed by atoms with E-state index in [1.807, 2.05) is 0 Å². The first kappa shape index (κ1) is 18.6. The number of fused-ring (bicyclic) bond motifs is 1. The molecule has 0 bridgehead atoms. The van der Waals surface area contributed by atoms with Crippen LogP contribution in [0, 0.1) is 20.8 Å². The third-order valence-corrected chi connectivity index (χ3v) is 6.67. The lowest BCUT2D eigenvalue weighted by atomic mass is 9.77. The molecule has 27 heavy (non-hydrogen) atoms. The molecule has 1 unspecified atom stereocenters. The predicted molar refractivity (Wildman–Crippen MR) is 111 cm³/mol. The zero-order chi connectivity index (χ0) is 19.2. The second kappa shape index (κ2) is 7.01. The van der Waals surface area contributed by atoms with E-state index in [4.69, 9.17) is 9.97 Å². The van der Waals surface area contributed by atoms with Crippen LogP contribution in [-0.2, 0) is 18.3 Å². The lowest BCUT2D eigenvalue weighted by Gasteiger charge is -2.27. The van der Waals surface area contributed by atoms with Gasteiger partial charge in [-0.1, -0.05) is 23.8 Å². The van der Waals surface area contributed by atoms with E-state index >= 15 is 0 Å². The first-order valence-electron chi connectivity index (χ1n) is 10.5. The number of rotatable bonds is 6. The summed E-state index contributed by atoms with van der Waals surface area (Å²) in [5.74, 6) is 0.928. The SMILES string of the molecule is Cc1ccc(C2(C)CCc3c(CCCN(C)C4CC4)nc(C)nc32)c(C)c1. The summed E-state index contributed by atoms with van der Waals surface area (Å²) >= 11 is 0. The van der Waals surface area contributed by atoms with Gasteiger partial charge in [0.2, 0.25) is 0 Å². The van der Waals surface area contributed by atoms with Gasteiger partial charge in [0.1, 0.15) is 5.82 Å². The Morgan fingerprint density at radius 3 is 2.63 bits per heavy atom. The highest BCUT2D eigenvalue weighted by Gasteiger charge is 2.40. The van der Waals surface area contributed by atoms with Crippen LogP contribution >= 0.6 is 0 Å². The molecule has 144 valence electrons. The van der Waals surface area contributed by atoms with Crippen LogP contribution in [0.3, 0.4) is 0 Å². The fourth-order valence-electron chi connectivity index (χ4n) is 4.96. The molecule has 3 heteroatoms. The van der Waals surface area contributed by atoms with Crippen molar-refractivity contribution in [3.8, 4) is 0 Å². The molecule has 2 aliphatic carbocycles. The second-order valence-corrected chi connectivity index (χ2v) is 9.01. The Kier molecular flexibility index (Phi) is 4.84. The van der Waals surface area contributed by atoms with Gasteiger partial charge in [0, 0.05) is 17.2 Å². The van der Waals surface area contributed by atoms with E-state index < -0.39 is 0 Å². The molecule has 0 N–H and O–H groups in total. The topological polar surface area (TPSA) is 29.0 Å². The molecular weight excluding hydrogens is 330 g/mol. The first-order valence-corrected chi connectivity index (χ1v) is 10.5. The second-order valence-electron chi connectivity index (χ2n) is 9.01. The van der Waals surface area contributed by atoms with Crippen molar-refractivity contribution in [1.82, 2.24) is 14.9 Å². The predicted octanol–water partition coefficient (Wildman–Crippen LogP) is 4.68. The molecule has 1 fully saturated rings. The van der Waals surface area contributed by atoms with Crippen molar-refractivity contribution in [2.75, 3.05) is 13.6 Å². The van der Waals surface area contributed by atoms with Crippen LogP contribution < -0.4 is 0 Å². The van der Waals surface area contributed by atoms with Crippen molar-refractivity contribution in [2.24, 2.45) is 0 Å². The molecule has 2 aromatic rings. The minimum absolute atomic E-state index is 0.0143. The summed E-state index contributed by atoms with van der Waals surface area (Å²) in [6, 6.07) is 7.72. The molecule has 0 radical (unpaired) electrons. The van der Waals surface area contributed by atoms with Crippen molar-refractivity contribution in [2.45, 2.75) is 77.7 Å². The molecule has 2 aliphatic rings. The van der Waals surface area contributed by atoms with Gasteiger partial charge in [-0.05, 0) is 96.5 Å². The summed E-state index contributed by atoms with van der Waals surface area (Å²) in [6.45, 7) is 10.0. The van der Waals surface area contributed by atoms with Crippen LogP contribution in [-0.4, -0.2) is 34.5 Å². The van der Waals surface area contributed by atoms with E-state index in [1.165, 1.54) is 59.4 Å². The molecular formula is C24H33N3. The maximum absolute atomic E-state index is 4.97. The fourth-order valence-corrected chi connectivity index (χ4v) is 4.96. The van der Waals surface area contributed by atoms with Gasteiger partial charge in [0.25, 0.3) is 0 Å². The van der Waals surface area contributed by atoms with Crippen molar-refractivity contribution < 1.29 is 0 Å². The van der Waals surface area contributed by atoms with Crippen LogP contribution in [0.5, 0.6) is 0 Å². The van der Waals surface area contributed by atoms with Crippen molar-refractivity contribution >= 4 is 0 Å². The summed E-state index contributed by atoms with van der Waals surface area (Å²) in [5, 5.41) is 0. The van der Waals surface area contributed by atoms with Crippen molar-refractivity contribution in [1.29, 1.82) is 0 Å². The smallest absolute Gasteiger partial charge is 0.125 e. The van der Waals surface area contributed by atoms with Gasteiger partial charge < -0.3 is 4.90 Å². The molecule has 0 amide bonds. The third kappa shape index (κ3) is 3.54. The molecule has 1 aromatic heterocycles. The Morgan fingerprint density at radius 2 is 1.93 bits per heavy atom. The Labute approximate surface area is 164 Å². The molecule has 1 saturated carbocycles. The van der Waals surface area contributed by atoms with E-state index in [0.29, 0.717) is 0 Å². The summed E-state index contributed by atoms with van der Waals surface area (Å²) in [7, 11) is 2.27. The average molecular weight is 364 g/mol. The van der Waals surface area contributed by atoms with Crippen molar-refractivity contribution in [3.05, 3.63) is 57.7 Å². The Balaban J connectivity index is 1.61. The summed E-state index contributed by atoms with van der Waals surface area (Å²) in [4.78, 5) is 12.4. The lowest BCUT2D eigenvalue weighted by molar-refractivity contribution is 0.319. The summed E-state index contributed by atoms with van der Waals surface area (Å²) in [5.41, 5.74) is 8.18. The number of aryl methyl sites for hydroxylation is 4. The maximum atomic E-state index is 4.97. The van der Waals surface area contributed by atoms with Crippen molar-refractivity contribution in [3.63, 3.8) is 0 Å². The third-order valence-electron chi connectivity index (χ3n) is 6.67. The highest BCUT2D eigenvalue weighted by molar-refractivity contribution is 5.48. The van der Waals surface area contributed by atoms with Crippen LogP contribution in [0.4, 0.5) is 0 Å². The first-order chi connectivity index (χ1) is 12.9. The van der Waals surface area contributed by atoms with E-state index in [-0.39, 0.29) is 5.41 Å². The highest BCUT2D eigenvalue weighted by Crippen LogP contribution is 2.45. The van der Waals surface area contributed by atoms with Gasteiger partial charge >= 0.3 is 0 Å². The van der Waals surface area contributed by atoms with Gasteiger partial charge in [0.05, 0.1) is 5.69 Å². The Hall–Kier alpha value is -1.74. The normalized spacial score (nSPS) is 21.7. The number of hydrogen-bond donors (Lipinski definition) is 0. The van der Waals surface area contributed by atoms with Crippen LogP contribution in [0.25, 0.3) is 0 Å². The summed E-state index contributed by atoms with van der Waals surface area (Å²) in [6.07, 6.45) is 7.27.